The molecule has 2 heterocycles. The number of carbonyl (C=O) groups is 1. The van der Waals surface area contributed by atoms with Gasteiger partial charge in [0.1, 0.15) is 0 Å². The third-order valence-electron chi connectivity index (χ3n) is 3.76. The molecule has 7 heteroatoms. The van der Waals surface area contributed by atoms with Crippen LogP contribution in [-0.4, -0.2) is 22.5 Å². The number of benzene rings is 2. The lowest BCUT2D eigenvalue weighted by Crippen LogP contribution is -2.11. The van der Waals surface area contributed by atoms with E-state index in [1.807, 2.05) is 24.3 Å². The first-order valence-corrected chi connectivity index (χ1v) is 8.03. The van der Waals surface area contributed by atoms with Gasteiger partial charge in [-0.25, -0.2) is 0 Å². The molecule has 25 heavy (non-hydrogen) atoms. The number of hydrogen-bond donors (Lipinski definition) is 1. The van der Waals surface area contributed by atoms with Crippen LogP contribution < -0.4 is 14.8 Å². The van der Waals surface area contributed by atoms with E-state index in [-0.39, 0.29) is 12.7 Å². The SMILES string of the molecule is O=C(Nc1cnn(Cc2cccc(Cl)c2)c1)c1ccc2c(c1)OCO2. The van der Waals surface area contributed by atoms with Crippen LogP contribution in [0, 0.1) is 0 Å². The molecule has 0 radical (unpaired) electrons. The second-order valence-electron chi connectivity index (χ2n) is 5.58. The maximum atomic E-state index is 12.4. The number of halogens is 1. The van der Waals surface area contributed by atoms with Gasteiger partial charge in [0.15, 0.2) is 11.5 Å². The quantitative estimate of drug-likeness (QED) is 0.777. The smallest absolute Gasteiger partial charge is 0.255 e. The Kier molecular flexibility index (Phi) is 4.03. The summed E-state index contributed by atoms with van der Waals surface area (Å²) in [4.78, 5) is 12.4. The molecule has 2 aromatic carbocycles. The van der Waals surface area contributed by atoms with Crippen molar-refractivity contribution in [2.24, 2.45) is 0 Å². The molecule has 1 amide bonds. The van der Waals surface area contributed by atoms with Crippen LogP contribution in [0.15, 0.2) is 54.9 Å². The Morgan fingerprint density at radius 2 is 2.08 bits per heavy atom. The number of ether oxygens (including phenoxy) is 2. The van der Waals surface area contributed by atoms with Crippen molar-refractivity contribution in [1.82, 2.24) is 9.78 Å². The van der Waals surface area contributed by atoms with Gasteiger partial charge in [-0.1, -0.05) is 23.7 Å². The molecule has 0 fully saturated rings. The fourth-order valence-corrected chi connectivity index (χ4v) is 2.79. The molecule has 1 aliphatic rings. The van der Waals surface area contributed by atoms with Crippen LogP contribution in [0.3, 0.4) is 0 Å². The van der Waals surface area contributed by atoms with E-state index in [2.05, 4.69) is 10.4 Å². The number of hydrogen-bond acceptors (Lipinski definition) is 4. The average molecular weight is 356 g/mol. The van der Waals surface area contributed by atoms with Crippen molar-refractivity contribution < 1.29 is 14.3 Å². The number of fused-ring (bicyclic) bond motifs is 1. The Morgan fingerprint density at radius 1 is 1.20 bits per heavy atom. The summed E-state index contributed by atoms with van der Waals surface area (Å²) in [5, 5.41) is 7.76. The summed E-state index contributed by atoms with van der Waals surface area (Å²) in [6, 6.07) is 12.6. The number of amides is 1. The first kappa shape index (κ1) is 15.5. The van der Waals surface area contributed by atoms with E-state index >= 15 is 0 Å². The van der Waals surface area contributed by atoms with Crippen molar-refractivity contribution in [3.05, 3.63) is 71.0 Å². The van der Waals surface area contributed by atoms with Gasteiger partial charge in [-0.3, -0.25) is 9.48 Å². The lowest BCUT2D eigenvalue weighted by molar-refractivity contribution is 0.102. The van der Waals surface area contributed by atoms with Crippen LogP contribution in [-0.2, 0) is 6.54 Å². The summed E-state index contributed by atoms with van der Waals surface area (Å²) in [5.41, 5.74) is 2.14. The third kappa shape index (κ3) is 3.44. The zero-order valence-corrected chi connectivity index (χ0v) is 13.9. The van der Waals surface area contributed by atoms with Gasteiger partial charge in [-0.05, 0) is 35.9 Å². The van der Waals surface area contributed by atoms with E-state index in [0.29, 0.717) is 34.3 Å². The maximum Gasteiger partial charge on any atom is 0.255 e. The summed E-state index contributed by atoms with van der Waals surface area (Å²) in [6.07, 6.45) is 3.38. The number of carbonyl (C=O) groups excluding carboxylic acids is 1. The normalized spacial score (nSPS) is 12.2. The van der Waals surface area contributed by atoms with Gasteiger partial charge in [-0.15, -0.1) is 0 Å². The van der Waals surface area contributed by atoms with Gasteiger partial charge in [0.05, 0.1) is 18.4 Å². The fourth-order valence-electron chi connectivity index (χ4n) is 2.58. The molecule has 6 nitrogen and oxygen atoms in total. The Bertz CT molecular complexity index is 939. The Labute approximate surface area is 148 Å². The van der Waals surface area contributed by atoms with E-state index in [1.54, 1.807) is 35.3 Å². The van der Waals surface area contributed by atoms with Crippen LogP contribution >= 0.6 is 11.6 Å². The van der Waals surface area contributed by atoms with Gasteiger partial charge in [-0.2, -0.15) is 5.10 Å². The van der Waals surface area contributed by atoms with Crippen LogP contribution in [0.4, 0.5) is 5.69 Å². The summed E-state index contributed by atoms with van der Waals surface area (Å²) < 4.78 is 12.3. The van der Waals surface area contributed by atoms with Crippen LogP contribution in [0.5, 0.6) is 11.5 Å². The summed E-state index contributed by atoms with van der Waals surface area (Å²) in [7, 11) is 0. The first-order chi connectivity index (χ1) is 12.2. The topological polar surface area (TPSA) is 65.4 Å². The Hall–Kier alpha value is -2.99. The molecular formula is C18H14ClN3O3. The van der Waals surface area contributed by atoms with Crippen molar-refractivity contribution in [3.63, 3.8) is 0 Å². The van der Waals surface area contributed by atoms with Crippen LogP contribution in [0.2, 0.25) is 5.02 Å². The molecule has 0 aliphatic carbocycles. The second-order valence-corrected chi connectivity index (χ2v) is 6.02. The molecule has 0 bridgehead atoms. The zero-order chi connectivity index (χ0) is 17.2. The second kappa shape index (κ2) is 6.49. The van der Waals surface area contributed by atoms with Gasteiger partial charge in [0.25, 0.3) is 5.91 Å². The molecule has 1 aromatic heterocycles. The minimum Gasteiger partial charge on any atom is -0.454 e. The predicted octanol–water partition coefficient (Wildman–Crippen LogP) is 3.57. The van der Waals surface area contributed by atoms with Crippen molar-refractivity contribution in [3.8, 4) is 11.5 Å². The number of rotatable bonds is 4. The van der Waals surface area contributed by atoms with Crippen molar-refractivity contribution in [1.29, 1.82) is 0 Å². The molecule has 0 atom stereocenters. The summed E-state index contributed by atoms with van der Waals surface area (Å²) in [6.45, 7) is 0.747. The van der Waals surface area contributed by atoms with E-state index in [4.69, 9.17) is 21.1 Å². The highest BCUT2D eigenvalue weighted by Crippen LogP contribution is 2.32. The van der Waals surface area contributed by atoms with Gasteiger partial charge < -0.3 is 14.8 Å². The average Bonchev–Trinajstić information content (AvgIpc) is 3.23. The molecule has 0 saturated heterocycles. The maximum absolute atomic E-state index is 12.4. The van der Waals surface area contributed by atoms with Crippen molar-refractivity contribution in [2.75, 3.05) is 12.1 Å². The first-order valence-electron chi connectivity index (χ1n) is 7.65. The van der Waals surface area contributed by atoms with Gasteiger partial charge in [0, 0.05) is 16.8 Å². The number of nitrogens with zero attached hydrogens (tertiary/aromatic N) is 2. The summed E-state index contributed by atoms with van der Waals surface area (Å²) >= 11 is 5.99. The van der Waals surface area contributed by atoms with Crippen LogP contribution in [0.25, 0.3) is 0 Å². The van der Waals surface area contributed by atoms with E-state index < -0.39 is 0 Å². The summed E-state index contributed by atoms with van der Waals surface area (Å²) in [5.74, 6) is 0.982. The van der Waals surface area contributed by atoms with Crippen LogP contribution in [0.1, 0.15) is 15.9 Å². The number of anilines is 1. The largest absolute Gasteiger partial charge is 0.454 e. The molecular weight excluding hydrogens is 342 g/mol. The molecule has 3 aromatic rings. The van der Waals surface area contributed by atoms with E-state index in [0.717, 1.165) is 5.56 Å². The van der Waals surface area contributed by atoms with Gasteiger partial charge in [0.2, 0.25) is 6.79 Å². The van der Waals surface area contributed by atoms with Gasteiger partial charge >= 0.3 is 0 Å². The molecule has 0 unspecified atom stereocenters. The Balaban J connectivity index is 1.44. The highest BCUT2D eigenvalue weighted by atomic mass is 35.5. The standard InChI is InChI=1S/C18H14ClN3O3/c19-14-3-1-2-12(6-14)9-22-10-15(8-20-22)21-18(23)13-4-5-16-17(7-13)25-11-24-16/h1-8,10H,9,11H2,(H,21,23). The van der Waals surface area contributed by atoms with E-state index in [1.165, 1.54) is 0 Å². The minimum absolute atomic E-state index is 0.177. The lowest BCUT2D eigenvalue weighted by atomic mass is 10.2. The molecule has 0 spiro atoms. The minimum atomic E-state index is -0.236. The number of nitrogens with one attached hydrogen (secondary N) is 1. The highest BCUT2D eigenvalue weighted by Gasteiger charge is 2.16. The molecule has 0 saturated carbocycles. The van der Waals surface area contributed by atoms with E-state index in [9.17, 15) is 4.79 Å². The zero-order valence-electron chi connectivity index (χ0n) is 13.1. The molecule has 126 valence electrons. The Morgan fingerprint density at radius 3 is 2.96 bits per heavy atom. The molecule has 4 rings (SSSR count). The molecule has 1 N–H and O–H groups in total. The van der Waals surface area contributed by atoms with Crippen molar-refractivity contribution >= 4 is 23.2 Å². The molecule has 1 aliphatic heterocycles. The monoisotopic (exact) mass is 355 g/mol. The van der Waals surface area contributed by atoms with Crippen molar-refractivity contribution in [2.45, 2.75) is 6.54 Å². The fraction of sp³-hybridized carbons (Fsp3) is 0.111. The predicted molar refractivity (Wildman–Crippen MR) is 93.3 cm³/mol. The third-order valence-corrected chi connectivity index (χ3v) is 3.99. The number of aromatic nitrogens is 2. The highest BCUT2D eigenvalue weighted by molar-refractivity contribution is 6.30. The lowest BCUT2D eigenvalue weighted by Gasteiger charge is -2.04.